The number of carboxylic acid groups (broad SMARTS) is 1. The van der Waals surface area contributed by atoms with E-state index in [1.54, 1.807) is 0 Å². The van der Waals surface area contributed by atoms with Gasteiger partial charge in [-0.3, -0.25) is 4.79 Å². The van der Waals surface area contributed by atoms with Crippen molar-refractivity contribution in [3.63, 3.8) is 0 Å². The highest BCUT2D eigenvalue weighted by Gasteiger charge is 2.53. The largest absolute Gasteiger partial charge is 0.477 e. The predicted molar refractivity (Wildman–Crippen MR) is 64.8 cm³/mol. The van der Waals surface area contributed by atoms with Crippen molar-refractivity contribution in [2.24, 2.45) is 0 Å². The number of carbonyl (C=O) groups excluding carboxylic acids is 1. The molecule has 0 aromatic heterocycles. The van der Waals surface area contributed by atoms with Gasteiger partial charge in [-0.15, -0.1) is 0 Å². The Morgan fingerprint density at radius 1 is 1.52 bits per heavy atom. The van der Waals surface area contributed by atoms with Crippen LogP contribution in [0.1, 0.15) is 17.4 Å². The van der Waals surface area contributed by atoms with Gasteiger partial charge in [0.15, 0.2) is 0 Å². The van der Waals surface area contributed by atoms with Crippen LogP contribution < -0.4 is 5.32 Å². The minimum atomic E-state index is -3.11. The summed E-state index contributed by atoms with van der Waals surface area (Å²) in [6.07, 6.45) is -8.59. The molecule has 1 aliphatic heterocycles. The highest BCUT2D eigenvalue weighted by molar-refractivity contribution is 5.76. The first-order valence-corrected chi connectivity index (χ1v) is 5.93. The maximum Gasteiger partial charge on any atom is 0.364 e. The molecule has 1 rings (SSSR count). The van der Waals surface area contributed by atoms with Gasteiger partial charge in [0, 0.05) is 17.4 Å². The topological polar surface area (TPSA) is 177 Å². The second-order valence-corrected chi connectivity index (χ2v) is 4.68. The van der Waals surface area contributed by atoms with Crippen molar-refractivity contribution in [3.8, 4) is 0 Å². The first-order valence-electron chi connectivity index (χ1n) is 7.43. The molecule has 0 radical (unpaired) electrons. The number of amides is 1. The molecule has 122 valence electrons. The van der Waals surface area contributed by atoms with Gasteiger partial charge in [0.1, 0.15) is 18.3 Å². The molecule has 0 aromatic carbocycles. The number of hydrogen-bond acceptors (Lipinski definition) is 8. The second-order valence-electron chi connectivity index (χ2n) is 4.68. The van der Waals surface area contributed by atoms with Gasteiger partial charge in [-0.25, -0.2) is 4.79 Å². The molecule has 10 nitrogen and oxygen atoms in total. The van der Waals surface area contributed by atoms with Gasteiger partial charge in [-0.2, -0.15) is 0 Å². The van der Waals surface area contributed by atoms with Gasteiger partial charge >= 0.3 is 5.97 Å². The molecule has 1 fully saturated rings. The molecular formula is C11H19NO9. The predicted octanol–water partition coefficient (Wildman–Crippen LogP) is -3.87. The average Bonchev–Trinajstić information content (AvgIpc) is 2.46. The Bertz CT molecular complexity index is 488. The molecule has 0 bridgehead atoms. The van der Waals surface area contributed by atoms with Gasteiger partial charge in [-0.05, 0) is 0 Å². The Hall–Kier alpha value is -1.30. The van der Waals surface area contributed by atoms with E-state index in [-0.39, 0.29) is 0 Å². The third-order valence-electron chi connectivity index (χ3n) is 3.14. The van der Waals surface area contributed by atoms with Crippen molar-refractivity contribution in [2.75, 3.05) is 6.61 Å². The summed E-state index contributed by atoms with van der Waals surface area (Å²) in [6.45, 7) is -4.09. The Morgan fingerprint density at radius 3 is 2.62 bits per heavy atom. The SMILES string of the molecule is [2H]C([2H])([2H])C(=O)NC1C(O)CC(O)(C(=O)O)OC1[C@@H](O)[C@@H](O)CO. The summed E-state index contributed by atoms with van der Waals surface area (Å²) in [5.74, 6) is -6.37. The Kier molecular flexibility index (Phi) is 4.23. The fourth-order valence-corrected chi connectivity index (χ4v) is 2.05. The third-order valence-corrected chi connectivity index (χ3v) is 3.14. The van der Waals surface area contributed by atoms with Gasteiger partial charge in [0.05, 0.1) is 18.8 Å². The highest BCUT2D eigenvalue weighted by atomic mass is 16.7. The molecule has 6 atom stereocenters. The summed E-state index contributed by atoms with van der Waals surface area (Å²) < 4.78 is 25.7. The van der Waals surface area contributed by atoms with Gasteiger partial charge in [0.2, 0.25) is 5.91 Å². The number of aliphatic hydroxyl groups excluding tert-OH is 4. The quantitative estimate of drug-likeness (QED) is 0.267. The van der Waals surface area contributed by atoms with Crippen molar-refractivity contribution >= 4 is 11.9 Å². The molecule has 4 unspecified atom stereocenters. The fourth-order valence-electron chi connectivity index (χ4n) is 2.05. The molecule has 0 spiro atoms. The van der Waals surface area contributed by atoms with E-state index in [4.69, 9.17) is 19.1 Å². The first kappa shape index (κ1) is 13.4. The molecule has 1 amide bonds. The number of hydrogen-bond donors (Lipinski definition) is 7. The molecule has 0 aliphatic carbocycles. The van der Waals surface area contributed by atoms with Gasteiger partial charge < -0.3 is 40.7 Å². The lowest BCUT2D eigenvalue weighted by Crippen LogP contribution is -2.67. The van der Waals surface area contributed by atoms with Crippen molar-refractivity contribution in [1.82, 2.24) is 5.32 Å². The van der Waals surface area contributed by atoms with Gasteiger partial charge in [-0.1, -0.05) is 0 Å². The maximum atomic E-state index is 11.6. The smallest absolute Gasteiger partial charge is 0.364 e. The Balaban J connectivity index is 3.13. The van der Waals surface area contributed by atoms with E-state index in [0.29, 0.717) is 0 Å². The minimum Gasteiger partial charge on any atom is -0.477 e. The van der Waals surface area contributed by atoms with Crippen LogP contribution in [0.4, 0.5) is 0 Å². The minimum absolute atomic E-state index is 0.938. The molecular weight excluding hydrogens is 290 g/mol. The van der Waals surface area contributed by atoms with Crippen LogP contribution in [0.3, 0.4) is 0 Å². The number of carboxylic acids is 1. The zero-order valence-electron chi connectivity index (χ0n) is 13.7. The molecule has 0 aromatic rings. The van der Waals surface area contributed by atoms with Crippen LogP contribution in [0, 0.1) is 0 Å². The zero-order chi connectivity index (χ0) is 18.9. The van der Waals surface area contributed by atoms with Crippen LogP contribution in [0.15, 0.2) is 0 Å². The first-order chi connectivity index (χ1) is 10.8. The van der Waals surface area contributed by atoms with E-state index in [0.717, 1.165) is 0 Å². The monoisotopic (exact) mass is 312 g/mol. The number of carbonyl (C=O) groups is 2. The molecule has 21 heavy (non-hydrogen) atoms. The van der Waals surface area contributed by atoms with Crippen molar-refractivity contribution in [2.45, 2.75) is 49.5 Å². The lowest BCUT2D eigenvalue weighted by molar-refractivity contribution is -0.295. The molecule has 0 saturated carbocycles. The lowest BCUT2D eigenvalue weighted by Gasteiger charge is -2.44. The second kappa shape index (κ2) is 6.64. The standard InChI is InChI=1S/C11H19NO9/c1-4(14)12-7-5(15)2-11(20,10(18)19)21-9(7)8(17)6(16)3-13/h5-9,13,15-17,20H,2-3H2,1H3,(H,12,14)(H,18,19)/t5?,6-,7?,8-,9?,11?/m0/s1/i1D3. The fraction of sp³-hybridized carbons (Fsp3) is 0.818. The molecule has 10 heteroatoms. The zero-order valence-corrected chi connectivity index (χ0v) is 10.7. The van der Waals surface area contributed by atoms with Crippen LogP contribution in [-0.4, -0.2) is 85.4 Å². The van der Waals surface area contributed by atoms with E-state index in [2.05, 4.69) is 0 Å². The number of aliphatic hydroxyl groups is 5. The van der Waals surface area contributed by atoms with Crippen LogP contribution in [0.5, 0.6) is 0 Å². The normalized spacial score (nSPS) is 38.5. The van der Waals surface area contributed by atoms with Crippen LogP contribution >= 0.6 is 0 Å². The molecule has 1 heterocycles. The highest BCUT2D eigenvalue weighted by Crippen LogP contribution is 2.30. The Morgan fingerprint density at radius 2 is 2.14 bits per heavy atom. The van der Waals surface area contributed by atoms with E-state index >= 15 is 0 Å². The average molecular weight is 312 g/mol. The maximum absolute atomic E-state index is 11.6. The van der Waals surface area contributed by atoms with Gasteiger partial charge in [0.25, 0.3) is 5.79 Å². The van der Waals surface area contributed by atoms with E-state index in [1.807, 2.05) is 5.32 Å². The molecule has 1 saturated heterocycles. The van der Waals surface area contributed by atoms with E-state index < -0.39 is 68.0 Å². The summed E-state index contributed by atoms with van der Waals surface area (Å²) in [4.78, 5) is 22.6. The molecule has 1 aliphatic rings. The summed E-state index contributed by atoms with van der Waals surface area (Å²) >= 11 is 0. The number of ether oxygens (including phenoxy) is 1. The van der Waals surface area contributed by atoms with Crippen LogP contribution in [0.25, 0.3) is 0 Å². The van der Waals surface area contributed by atoms with Crippen molar-refractivity contribution < 1.29 is 49.1 Å². The molecule has 7 N–H and O–H groups in total. The number of nitrogens with one attached hydrogen (secondary N) is 1. The van der Waals surface area contributed by atoms with E-state index in [1.165, 1.54) is 0 Å². The Labute approximate surface area is 123 Å². The van der Waals surface area contributed by atoms with Crippen molar-refractivity contribution in [3.05, 3.63) is 0 Å². The van der Waals surface area contributed by atoms with E-state index in [9.17, 15) is 30.0 Å². The summed E-state index contributed by atoms with van der Waals surface area (Å²) in [6, 6.07) is -1.66. The number of aliphatic carboxylic acids is 1. The van der Waals surface area contributed by atoms with Crippen LogP contribution in [0.2, 0.25) is 0 Å². The summed E-state index contributed by atoms with van der Waals surface area (Å²) in [7, 11) is 0. The third kappa shape index (κ3) is 3.87. The van der Waals surface area contributed by atoms with Crippen molar-refractivity contribution in [1.29, 1.82) is 0 Å². The number of rotatable bonds is 5. The van der Waals surface area contributed by atoms with Crippen LogP contribution in [-0.2, 0) is 14.3 Å². The summed E-state index contributed by atoms with van der Waals surface area (Å²) in [5.41, 5.74) is 0. The summed E-state index contributed by atoms with van der Waals surface area (Å²) in [5, 5.41) is 58.9. The lowest BCUT2D eigenvalue weighted by atomic mass is 9.88.